The van der Waals surface area contributed by atoms with Crippen molar-refractivity contribution in [2.45, 2.75) is 78.4 Å². The molecule has 1 aliphatic heterocycles. The van der Waals surface area contributed by atoms with E-state index in [4.69, 9.17) is 9.47 Å². The summed E-state index contributed by atoms with van der Waals surface area (Å²) in [5.74, 6) is 0.649. The third-order valence-corrected chi connectivity index (χ3v) is 4.55. The minimum atomic E-state index is -0.456. The van der Waals surface area contributed by atoms with Crippen molar-refractivity contribution in [1.29, 1.82) is 0 Å². The van der Waals surface area contributed by atoms with Crippen molar-refractivity contribution in [2.24, 2.45) is 5.92 Å². The molecule has 0 radical (unpaired) electrons. The molecule has 1 saturated heterocycles. The van der Waals surface area contributed by atoms with E-state index in [1.54, 1.807) is 11.9 Å². The van der Waals surface area contributed by atoms with Crippen LogP contribution in [0.15, 0.2) is 0 Å². The van der Waals surface area contributed by atoms with Crippen molar-refractivity contribution >= 4 is 12.2 Å². The van der Waals surface area contributed by atoms with E-state index < -0.39 is 11.2 Å². The van der Waals surface area contributed by atoms with E-state index in [1.165, 1.54) is 0 Å². The second-order valence-corrected chi connectivity index (χ2v) is 9.70. The lowest BCUT2D eigenvalue weighted by Gasteiger charge is -2.33. The largest absolute Gasteiger partial charge is 0.444 e. The summed E-state index contributed by atoms with van der Waals surface area (Å²) in [5.41, 5.74) is -0.891. The molecule has 28 heavy (non-hydrogen) atoms. The summed E-state index contributed by atoms with van der Waals surface area (Å²) >= 11 is 0. The molecule has 0 unspecified atom stereocenters. The summed E-state index contributed by atoms with van der Waals surface area (Å²) in [5, 5.41) is 3.46. The lowest BCUT2D eigenvalue weighted by molar-refractivity contribution is 0.0181. The van der Waals surface area contributed by atoms with Gasteiger partial charge in [0, 0.05) is 26.7 Å². The number of hydrogen-bond acceptors (Lipinski definition) is 5. The zero-order valence-electron chi connectivity index (χ0n) is 19.0. The van der Waals surface area contributed by atoms with Crippen LogP contribution in [0.5, 0.6) is 0 Å². The highest BCUT2D eigenvalue weighted by Gasteiger charge is 2.26. The fourth-order valence-electron chi connectivity index (χ4n) is 3.03. The minimum Gasteiger partial charge on any atom is -0.444 e. The summed E-state index contributed by atoms with van der Waals surface area (Å²) in [6.45, 7) is 15.4. The van der Waals surface area contributed by atoms with Gasteiger partial charge in [0.25, 0.3) is 0 Å². The standard InChI is InChI=1S/C21H41N3O4/c1-20(2,3)27-18(25)23(7)14-8-12-22-13-9-17-10-15-24(16-11-17)19(26)28-21(4,5)6/h17,22H,8-16H2,1-7H3. The molecular weight excluding hydrogens is 358 g/mol. The summed E-state index contributed by atoms with van der Waals surface area (Å²) in [7, 11) is 1.77. The van der Waals surface area contributed by atoms with Crippen LogP contribution in [0, 0.1) is 5.92 Å². The second-order valence-electron chi connectivity index (χ2n) is 9.70. The van der Waals surface area contributed by atoms with Crippen molar-refractivity contribution in [1.82, 2.24) is 15.1 Å². The number of piperidine rings is 1. The predicted molar refractivity (Wildman–Crippen MR) is 111 cm³/mol. The Morgan fingerprint density at radius 1 is 1.00 bits per heavy atom. The van der Waals surface area contributed by atoms with Crippen LogP contribution in [0.1, 0.15) is 67.2 Å². The zero-order chi connectivity index (χ0) is 21.4. The first-order valence-corrected chi connectivity index (χ1v) is 10.5. The molecule has 1 fully saturated rings. The molecule has 0 aromatic carbocycles. The number of rotatable bonds is 7. The molecular formula is C21H41N3O4. The normalized spacial score (nSPS) is 16.0. The highest BCUT2D eigenvalue weighted by Crippen LogP contribution is 2.21. The van der Waals surface area contributed by atoms with Gasteiger partial charge in [-0.1, -0.05) is 0 Å². The molecule has 0 aliphatic carbocycles. The highest BCUT2D eigenvalue weighted by atomic mass is 16.6. The third-order valence-electron chi connectivity index (χ3n) is 4.55. The van der Waals surface area contributed by atoms with E-state index in [2.05, 4.69) is 5.32 Å². The Morgan fingerprint density at radius 3 is 2.11 bits per heavy atom. The van der Waals surface area contributed by atoms with Gasteiger partial charge in [-0.15, -0.1) is 0 Å². The molecule has 0 spiro atoms. The number of nitrogens with zero attached hydrogens (tertiary/aromatic N) is 2. The molecule has 0 aromatic heterocycles. The topological polar surface area (TPSA) is 71.1 Å². The predicted octanol–water partition coefficient (Wildman–Crippen LogP) is 3.87. The maximum absolute atomic E-state index is 12.1. The number of nitrogens with one attached hydrogen (secondary N) is 1. The average Bonchev–Trinajstić information content (AvgIpc) is 2.55. The van der Waals surface area contributed by atoms with Crippen LogP contribution in [0.4, 0.5) is 9.59 Å². The average molecular weight is 400 g/mol. The summed E-state index contributed by atoms with van der Waals surface area (Å²) in [6.07, 6.45) is 3.60. The van der Waals surface area contributed by atoms with E-state index in [1.807, 2.05) is 46.4 Å². The smallest absolute Gasteiger partial charge is 0.410 e. The third kappa shape index (κ3) is 10.7. The quantitative estimate of drug-likeness (QED) is 0.658. The Labute approximate surface area is 171 Å². The molecule has 7 heteroatoms. The minimum absolute atomic E-state index is 0.196. The van der Waals surface area contributed by atoms with Crippen molar-refractivity contribution in [3.8, 4) is 0 Å². The Balaban J connectivity index is 2.09. The van der Waals surface area contributed by atoms with Crippen molar-refractivity contribution in [3.63, 3.8) is 0 Å². The van der Waals surface area contributed by atoms with Gasteiger partial charge in [0.15, 0.2) is 0 Å². The molecule has 164 valence electrons. The first-order chi connectivity index (χ1) is 12.9. The first kappa shape index (κ1) is 24.5. The van der Waals surface area contributed by atoms with Crippen LogP contribution in [-0.2, 0) is 9.47 Å². The van der Waals surface area contributed by atoms with Crippen LogP contribution >= 0.6 is 0 Å². The lowest BCUT2D eigenvalue weighted by atomic mass is 9.94. The first-order valence-electron chi connectivity index (χ1n) is 10.5. The van der Waals surface area contributed by atoms with Crippen molar-refractivity contribution in [3.05, 3.63) is 0 Å². The molecule has 0 atom stereocenters. The van der Waals surface area contributed by atoms with E-state index in [0.717, 1.165) is 51.9 Å². The monoisotopic (exact) mass is 399 g/mol. The van der Waals surface area contributed by atoms with Gasteiger partial charge in [0.2, 0.25) is 0 Å². The van der Waals surface area contributed by atoms with Gasteiger partial charge >= 0.3 is 12.2 Å². The summed E-state index contributed by atoms with van der Waals surface area (Å²) in [4.78, 5) is 27.4. The molecule has 2 amide bonds. The fraction of sp³-hybridized carbons (Fsp3) is 0.905. The number of likely N-dealkylation sites (tertiary alicyclic amines) is 1. The maximum Gasteiger partial charge on any atom is 0.410 e. The van der Waals surface area contributed by atoms with Crippen molar-refractivity contribution in [2.75, 3.05) is 39.8 Å². The van der Waals surface area contributed by atoms with E-state index in [-0.39, 0.29) is 12.2 Å². The molecule has 1 heterocycles. The number of ether oxygens (including phenoxy) is 2. The van der Waals surface area contributed by atoms with Crippen LogP contribution < -0.4 is 5.32 Å². The van der Waals surface area contributed by atoms with Crippen LogP contribution in [-0.4, -0.2) is 73.0 Å². The van der Waals surface area contributed by atoms with Gasteiger partial charge in [-0.2, -0.15) is 0 Å². The van der Waals surface area contributed by atoms with Gasteiger partial charge in [-0.25, -0.2) is 9.59 Å². The Kier molecular flexibility index (Phi) is 9.54. The van der Waals surface area contributed by atoms with Gasteiger partial charge in [-0.05, 0) is 86.2 Å². The Hall–Kier alpha value is -1.50. The molecule has 0 saturated carbocycles. The zero-order valence-corrected chi connectivity index (χ0v) is 19.0. The summed E-state index contributed by atoms with van der Waals surface area (Å²) < 4.78 is 10.8. The lowest BCUT2D eigenvalue weighted by Crippen LogP contribution is -2.42. The molecule has 0 bridgehead atoms. The van der Waals surface area contributed by atoms with Gasteiger partial charge in [0.05, 0.1) is 0 Å². The van der Waals surface area contributed by atoms with Crippen LogP contribution in [0.3, 0.4) is 0 Å². The van der Waals surface area contributed by atoms with Crippen LogP contribution in [0.25, 0.3) is 0 Å². The highest BCUT2D eigenvalue weighted by molar-refractivity contribution is 5.68. The second kappa shape index (κ2) is 10.9. The maximum atomic E-state index is 12.1. The van der Waals surface area contributed by atoms with E-state index in [9.17, 15) is 9.59 Å². The number of carbonyl (C=O) groups excluding carboxylic acids is 2. The van der Waals surface area contributed by atoms with Gasteiger partial charge < -0.3 is 24.6 Å². The number of carbonyl (C=O) groups is 2. The Morgan fingerprint density at radius 2 is 1.57 bits per heavy atom. The number of amides is 2. The SMILES string of the molecule is CN(CCCNCCC1CCN(C(=O)OC(C)(C)C)CC1)C(=O)OC(C)(C)C. The van der Waals surface area contributed by atoms with E-state index >= 15 is 0 Å². The van der Waals surface area contributed by atoms with Gasteiger partial charge in [0.1, 0.15) is 11.2 Å². The van der Waals surface area contributed by atoms with E-state index in [0.29, 0.717) is 12.5 Å². The Bertz CT molecular complexity index is 489. The van der Waals surface area contributed by atoms with Gasteiger partial charge in [-0.3, -0.25) is 0 Å². The molecule has 1 rings (SSSR count). The number of hydrogen-bond donors (Lipinski definition) is 1. The van der Waals surface area contributed by atoms with Crippen LogP contribution in [0.2, 0.25) is 0 Å². The molecule has 0 aromatic rings. The molecule has 1 aliphatic rings. The van der Waals surface area contributed by atoms with Crippen molar-refractivity contribution < 1.29 is 19.1 Å². The fourth-order valence-corrected chi connectivity index (χ4v) is 3.03. The summed E-state index contributed by atoms with van der Waals surface area (Å²) in [6, 6.07) is 0. The molecule has 7 nitrogen and oxygen atoms in total. The molecule has 1 N–H and O–H groups in total.